The Morgan fingerprint density at radius 3 is 2.65 bits per heavy atom. The van der Waals surface area contributed by atoms with Crippen LogP contribution in [0.25, 0.3) is 11.1 Å². The summed E-state index contributed by atoms with van der Waals surface area (Å²) in [7, 11) is 0. The van der Waals surface area contributed by atoms with Crippen molar-refractivity contribution in [2.45, 2.75) is 26.2 Å². The van der Waals surface area contributed by atoms with Crippen LogP contribution in [-0.2, 0) is 22.4 Å². The molecule has 0 radical (unpaired) electrons. The van der Waals surface area contributed by atoms with Crippen molar-refractivity contribution in [3.8, 4) is 11.1 Å². The predicted molar refractivity (Wildman–Crippen MR) is 98.6 cm³/mol. The van der Waals surface area contributed by atoms with E-state index in [1.165, 1.54) is 12.5 Å². The van der Waals surface area contributed by atoms with Crippen LogP contribution in [0.15, 0.2) is 42.5 Å². The highest BCUT2D eigenvalue weighted by Gasteiger charge is 2.24. The van der Waals surface area contributed by atoms with Gasteiger partial charge in [-0.05, 0) is 53.6 Å². The van der Waals surface area contributed by atoms with Gasteiger partial charge in [0.1, 0.15) is 0 Å². The fourth-order valence-electron chi connectivity index (χ4n) is 3.30. The lowest BCUT2D eigenvalue weighted by Crippen LogP contribution is -2.31. The standard InChI is InChI=1S/C20H21N3O3/c1-12(21)26-19(22)16-4-2-3-14(9-16)15-7-5-13-6-8-17(20(24)23-25)11-18(13)10-15/h2-5,7,9-10,17,21-22,25H,6,8,11H2,1H3,(H,23,24). The van der Waals surface area contributed by atoms with Gasteiger partial charge in [-0.2, -0.15) is 0 Å². The van der Waals surface area contributed by atoms with Gasteiger partial charge < -0.3 is 4.74 Å². The van der Waals surface area contributed by atoms with E-state index < -0.39 is 0 Å². The Morgan fingerprint density at radius 1 is 1.15 bits per heavy atom. The summed E-state index contributed by atoms with van der Waals surface area (Å²) in [4.78, 5) is 11.7. The number of carbonyl (C=O) groups excluding carboxylic acids is 1. The lowest BCUT2D eigenvalue weighted by molar-refractivity contribution is -0.133. The van der Waals surface area contributed by atoms with Crippen molar-refractivity contribution >= 4 is 17.7 Å². The smallest absolute Gasteiger partial charge is 0.246 e. The Morgan fingerprint density at radius 2 is 1.92 bits per heavy atom. The molecule has 0 aromatic heterocycles. The molecule has 1 aliphatic carbocycles. The number of nitrogens with one attached hydrogen (secondary N) is 3. The first kappa shape index (κ1) is 17.8. The van der Waals surface area contributed by atoms with Crippen LogP contribution in [0, 0.1) is 16.7 Å². The first-order valence-corrected chi connectivity index (χ1v) is 8.46. The lowest BCUT2D eigenvalue weighted by atomic mass is 9.82. The maximum Gasteiger partial charge on any atom is 0.246 e. The zero-order chi connectivity index (χ0) is 18.7. The van der Waals surface area contributed by atoms with Gasteiger partial charge in [0.2, 0.25) is 11.8 Å². The van der Waals surface area contributed by atoms with Gasteiger partial charge in [-0.1, -0.05) is 30.3 Å². The molecule has 0 saturated carbocycles. The largest absolute Gasteiger partial charge is 0.426 e. The number of hydroxylamine groups is 1. The summed E-state index contributed by atoms with van der Waals surface area (Å²) in [6.45, 7) is 1.49. The molecular formula is C20H21N3O3. The first-order chi connectivity index (χ1) is 12.5. The van der Waals surface area contributed by atoms with E-state index in [0.717, 1.165) is 29.5 Å². The van der Waals surface area contributed by atoms with Crippen LogP contribution in [0.5, 0.6) is 0 Å². The van der Waals surface area contributed by atoms with Crippen LogP contribution >= 0.6 is 0 Å². The molecule has 0 aliphatic heterocycles. The maximum atomic E-state index is 11.7. The Balaban J connectivity index is 1.88. The first-order valence-electron chi connectivity index (χ1n) is 8.46. The summed E-state index contributed by atoms with van der Waals surface area (Å²) in [5.41, 5.74) is 6.62. The van der Waals surface area contributed by atoms with Gasteiger partial charge in [0, 0.05) is 18.4 Å². The van der Waals surface area contributed by atoms with Crippen molar-refractivity contribution in [1.29, 1.82) is 10.8 Å². The topological polar surface area (TPSA) is 106 Å². The number of aryl methyl sites for hydroxylation is 1. The Hall–Kier alpha value is -2.99. The fraction of sp³-hybridized carbons (Fsp3) is 0.250. The molecule has 1 unspecified atom stereocenters. The average Bonchev–Trinajstić information content (AvgIpc) is 2.66. The van der Waals surface area contributed by atoms with Gasteiger partial charge in [0.25, 0.3) is 0 Å². The van der Waals surface area contributed by atoms with E-state index in [-0.39, 0.29) is 23.6 Å². The van der Waals surface area contributed by atoms with Gasteiger partial charge in [0.05, 0.1) is 0 Å². The highest BCUT2D eigenvalue weighted by Crippen LogP contribution is 2.30. The number of fused-ring (bicyclic) bond motifs is 1. The van der Waals surface area contributed by atoms with Crippen LogP contribution in [0.2, 0.25) is 0 Å². The van der Waals surface area contributed by atoms with E-state index >= 15 is 0 Å². The molecule has 134 valence electrons. The SMILES string of the molecule is CC(=N)OC(=N)c1cccc(-c2ccc3c(c2)CC(C(=O)NO)CC3)c1. The van der Waals surface area contributed by atoms with Crippen molar-refractivity contribution in [2.24, 2.45) is 5.92 Å². The van der Waals surface area contributed by atoms with Gasteiger partial charge in [-0.15, -0.1) is 0 Å². The summed E-state index contributed by atoms with van der Waals surface area (Å²) in [5, 5.41) is 24.2. The van der Waals surface area contributed by atoms with E-state index in [1.807, 2.05) is 24.3 Å². The maximum absolute atomic E-state index is 11.7. The average molecular weight is 351 g/mol. The molecule has 1 amide bonds. The minimum absolute atomic E-state index is 0.0256. The summed E-state index contributed by atoms with van der Waals surface area (Å²) in [6, 6.07) is 13.6. The number of hydrogen-bond acceptors (Lipinski definition) is 5. The number of amides is 1. The van der Waals surface area contributed by atoms with Crippen molar-refractivity contribution < 1.29 is 14.7 Å². The molecule has 4 N–H and O–H groups in total. The quantitative estimate of drug-likeness (QED) is 0.295. The van der Waals surface area contributed by atoms with Gasteiger partial charge in [-0.3, -0.25) is 20.8 Å². The summed E-state index contributed by atoms with van der Waals surface area (Å²) in [6.07, 6.45) is 2.14. The molecule has 0 fully saturated rings. The van der Waals surface area contributed by atoms with Crippen molar-refractivity contribution in [2.75, 3.05) is 0 Å². The van der Waals surface area contributed by atoms with Crippen LogP contribution < -0.4 is 5.48 Å². The molecule has 1 atom stereocenters. The second-order valence-electron chi connectivity index (χ2n) is 6.47. The Kier molecular flexibility index (Phi) is 5.14. The predicted octanol–water partition coefficient (Wildman–Crippen LogP) is 3.30. The summed E-state index contributed by atoms with van der Waals surface area (Å²) < 4.78 is 5.07. The summed E-state index contributed by atoms with van der Waals surface area (Å²) >= 11 is 0. The third-order valence-electron chi connectivity index (χ3n) is 4.63. The minimum atomic E-state index is -0.337. The zero-order valence-electron chi connectivity index (χ0n) is 14.5. The molecular weight excluding hydrogens is 330 g/mol. The van der Waals surface area contributed by atoms with Crippen LogP contribution in [-0.4, -0.2) is 22.9 Å². The minimum Gasteiger partial charge on any atom is -0.426 e. The molecule has 1 aliphatic rings. The molecule has 0 spiro atoms. The number of rotatable bonds is 3. The van der Waals surface area contributed by atoms with Gasteiger partial charge >= 0.3 is 0 Å². The van der Waals surface area contributed by atoms with E-state index in [2.05, 4.69) is 12.1 Å². The Labute approximate surface area is 151 Å². The highest BCUT2D eigenvalue weighted by molar-refractivity contribution is 5.99. The Bertz CT molecular complexity index is 876. The molecule has 26 heavy (non-hydrogen) atoms. The molecule has 3 rings (SSSR count). The van der Waals surface area contributed by atoms with Crippen LogP contribution in [0.3, 0.4) is 0 Å². The number of hydrogen-bond donors (Lipinski definition) is 4. The molecule has 0 bridgehead atoms. The number of carbonyl (C=O) groups is 1. The van der Waals surface area contributed by atoms with E-state index in [1.54, 1.807) is 11.5 Å². The van der Waals surface area contributed by atoms with Crippen LogP contribution in [0.1, 0.15) is 30.0 Å². The lowest BCUT2D eigenvalue weighted by Gasteiger charge is -2.23. The molecule has 2 aromatic carbocycles. The number of ether oxygens (including phenoxy) is 1. The van der Waals surface area contributed by atoms with Crippen molar-refractivity contribution in [3.05, 3.63) is 59.2 Å². The normalized spacial score (nSPS) is 15.7. The molecule has 6 nitrogen and oxygen atoms in total. The summed E-state index contributed by atoms with van der Waals surface area (Å²) in [5.74, 6) is -0.638. The molecule has 6 heteroatoms. The van der Waals surface area contributed by atoms with Gasteiger partial charge in [-0.25, -0.2) is 5.48 Å². The monoisotopic (exact) mass is 351 g/mol. The van der Waals surface area contributed by atoms with E-state index in [9.17, 15) is 4.79 Å². The zero-order valence-corrected chi connectivity index (χ0v) is 14.5. The number of benzene rings is 2. The van der Waals surface area contributed by atoms with Crippen molar-refractivity contribution in [1.82, 2.24) is 5.48 Å². The molecule has 2 aromatic rings. The van der Waals surface area contributed by atoms with Crippen LogP contribution in [0.4, 0.5) is 0 Å². The second kappa shape index (κ2) is 7.49. The second-order valence-corrected chi connectivity index (χ2v) is 6.47. The third-order valence-corrected chi connectivity index (χ3v) is 4.63. The molecule has 0 heterocycles. The van der Waals surface area contributed by atoms with Crippen molar-refractivity contribution in [3.63, 3.8) is 0 Å². The third kappa shape index (κ3) is 3.81. The highest BCUT2D eigenvalue weighted by atomic mass is 16.5. The molecule has 0 saturated heterocycles. The van der Waals surface area contributed by atoms with E-state index in [4.69, 9.17) is 20.8 Å². The van der Waals surface area contributed by atoms with Gasteiger partial charge in [0.15, 0.2) is 5.90 Å². The van der Waals surface area contributed by atoms with E-state index in [0.29, 0.717) is 12.0 Å². The fourth-order valence-corrected chi connectivity index (χ4v) is 3.30.